The Bertz CT molecular complexity index is 809. The summed E-state index contributed by atoms with van der Waals surface area (Å²) in [4.78, 5) is 23.2. The van der Waals surface area contributed by atoms with Gasteiger partial charge in [-0.2, -0.15) is 0 Å². The molecule has 0 bridgehead atoms. The van der Waals surface area contributed by atoms with Gasteiger partial charge in [0, 0.05) is 18.8 Å². The van der Waals surface area contributed by atoms with Crippen molar-refractivity contribution in [3.8, 4) is 0 Å². The highest BCUT2D eigenvalue weighted by molar-refractivity contribution is 5.88. The molecule has 2 aromatic carbocycles. The van der Waals surface area contributed by atoms with Gasteiger partial charge in [-0.15, -0.1) is 0 Å². The zero-order valence-electron chi connectivity index (χ0n) is 13.4. The molecule has 3 rings (SSSR count). The van der Waals surface area contributed by atoms with Crippen LogP contribution in [0, 0.1) is 0 Å². The number of hydrogen-bond donors (Lipinski definition) is 2. The molecule has 4 heteroatoms. The zero-order valence-corrected chi connectivity index (χ0v) is 13.4. The molecular weight excluding hydrogens is 300 g/mol. The smallest absolute Gasteiger partial charge is 0.221 e. The minimum absolute atomic E-state index is 0.148. The quantitative estimate of drug-likeness (QED) is 0.857. The van der Waals surface area contributed by atoms with Crippen molar-refractivity contribution in [3.05, 3.63) is 76.9 Å². The van der Waals surface area contributed by atoms with E-state index in [0.29, 0.717) is 6.42 Å². The molecule has 4 N–H and O–H groups in total. The Hall–Kier alpha value is -2.88. The Labute approximate surface area is 141 Å². The molecule has 24 heavy (non-hydrogen) atoms. The number of nitrogens with two attached hydrogens (primary N) is 2. The molecule has 0 radical (unpaired) electrons. The molecule has 0 heterocycles. The van der Waals surface area contributed by atoms with E-state index in [1.165, 1.54) is 0 Å². The van der Waals surface area contributed by atoms with Crippen LogP contribution < -0.4 is 11.5 Å². The van der Waals surface area contributed by atoms with Gasteiger partial charge in [-0.25, -0.2) is 0 Å². The van der Waals surface area contributed by atoms with Crippen molar-refractivity contribution >= 4 is 17.4 Å². The molecule has 4 nitrogen and oxygen atoms in total. The van der Waals surface area contributed by atoms with Crippen LogP contribution in [0.15, 0.2) is 60.2 Å². The van der Waals surface area contributed by atoms with Crippen LogP contribution in [-0.4, -0.2) is 11.8 Å². The number of primary amides is 2. The molecule has 1 atom stereocenters. The van der Waals surface area contributed by atoms with Gasteiger partial charge in [0.05, 0.1) is 0 Å². The standard InChI is InChI=1S/C20H20N2O2/c21-19(23)11-17-15-9-5-4-8-14(15)16(18(17)12-20(22)24)10-13-6-2-1-3-7-13/h1-9,17H,10-12H2,(H2,21,23)(H2,22,24). The number of carbonyl (C=O) groups excluding carboxylic acids is 2. The molecule has 2 aromatic rings. The van der Waals surface area contributed by atoms with Gasteiger partial charge in [-0.05, 0) is 34.3 Å². The van der Waals surface area contributed by atoms with Crippen molar-refractivity contribution in [3.63, 3.8) is 0 Å². The van der Waals surface area contributed by atoms with Crippen LogP contribution in [-0.2, 0) is 16.0 Å². The predicted octanol–water partition coefficient (Wildman–Crippen LogP) is 2.53. The summed E-state index contributed by atoms with van der Waals surface area (Å²) < 4.78 is 0. The van der Waals surface area contributed by atoms with E-state index in [4.69, 9.17) is 11.5 Å². The van der Waals surface area contributed by atoms with Crippen LogP contribution in [0.3, 0.4) is 0 Å². The van der Waals surface area contributed by atoms with Gasteiger partial charge in [0.15, 0.2) is 0 Å². The van der Waals surface area contributed by atoms with Gasteiger partial charge >= 0.3 is 0 Å². The summed E-state index contributed by atoms with van der Waals surface area (Å²) in [5.41, 5.74) is 16.2. The van der Waals surface area contributed by atoms with E-state index in [0.717, 1.165) is 27.8 Å². The van der Waals surface area contributed by atoms with Crippen LogP contribution in [0.25, 0.3) is 5.57 Å². The average molecular weight is 320 g/mol. The highest BCUT2D eigenvalue weighted by atomic mass is 16.1. The SMILES string of the molecule is NC(=O)CC1=C(Cc2ccccc2)c2ccccc2C1CC(N)=O. The molecule has 122 valence electrons. The second kappa shape index (κ2) is 6.71. The molecule has 0 saturated carbocycles. The van der Waals surface area contributed by atoms with Gasteiger partial charge < -0.3 is 11.5 Å². The van der Waals surface area contributed by atoms with Gasteiger partial charge in [-0.3, -0.25) is 9.59 Å². The number of benzene rings is 2. The molecule has 0 aromatic heterocycles. The predicted molar refractivity (Wildman–Crippen MR) is 93.9 cm³/mol. The molecule has 2 amide bonds. The number of hydrogen-bond acceptors (Lipinski definition) is 2. The van der Waals surface area contributed by atoms with E-state index in [2.05, 4.69) is 12.1 Å². The van der Waals surface area contributed by atoms with Crippen LogP contribution in [0.2, 0.25) is 0 Å². The van der Waals surface area contributed by atoms with Crippen molar-refractivity contribution in [2.75, 3.05) is 0 Å². The minimum atomic E-state index is -0.391. The normalized spacial score (nSPS) is 16.1. The summed E-state index contributed by atoms with van der Waals surface area (Å²) in [5.74, 6) is -0.930. The minimum Gasteiger partial charge on any atom is -0.370 e. The molecular formula is C20H20N2O2. The molecule has 0 saturated heterocycles. The Morgan fingerprint density at radius 1 is 0.875 bits per heavy atom. The van der Waals surface area contributed by atoms with Gasteiger partial charge in [0.1, 0.15) is 0 Å². The summed E-state index contributed by atoms with van der Waals surface area (Å²) in [7, 11) is 0. The highest BCUT2D eigenvalue weighted by Gasteiger charge is 2.32. The van der Waals surface area contributed by atoms with Crippen molar-refractivity contribution < 1.29 is 9.59 Å². The third-order valence-corrected chi connectivity index (χ3v) is 4.46. The molecule has 1 aliphatic carbocycles. The lowest BCUT2D eigenvalue weighted by atomic mass is 9.89. The number of amides is 2. The van der Waals surface area contributed by atoms with E-state index in [1.807, 2.05) is 42.5 Å². The summed E-state index contributed by atoms with van der Waals surface area (Å²) in [6, 6.07) is 18.0. The number of carbonyl (C=O) groups is 2. The Morgan fingerprint density at radius 2 is 1.54 bits per heavy atom. The van der Waals surface area contributed by atoms with Crippen LogP contribution in [0.4, 0.5) is 0 Å². The topological polar surface area (TPSA) is 86.2 Å². The molecule has 0 fully saturated rings. The van der Waals surface area contributed by atoms with E-state index < -0.39 is 5.91 Å². The first-order valence-corrected chi connectivity index (χ1v) is 7.98. The van der Waals surface area contributed by atoms with Gasteiger partial charge in [-0.1, -0.05) is 54.6 Å². The van der Waals surface area contributed by atoms with Gasteiger partial charge in [0.25, 0.3) is 0 Å². The third kappa shape index (κ3) is 3.23. The van der Waals surface area contributed by atoms with Crippen LogP contribution in [0.1, 0.15) is 35.4 Å². The maximum atomic E-state index is 11.6. The average Bonchev–Trinajstić information content (AvgIpc) is 2.82. The number of rotatable bonds is 6. The largest absolute Gasteiger partial charge is 0.370 e. The summed E-state index contributed by atoms with van der Waals surface area (Å²) >= 11 is 0. The fourth-order valence-electron chi connectivity index (χ4n) is 3.51. The maximum absolute atomic E-state index is 11.6. The monoisotopic (exact) mass is 320 g/mol. The van der Waals surface area contributed by atoms with Crippen molar-refractivity contribution in [2.24, 2.45) is 11.5 Å². The first-order valence-electron chi connectivity index (χ1n) is 7.98. The number of allylic oxidation sites excluding steroid dienone is 1. The second-order valence-corrected chi connectivity index (χ2v) is 6.12. The fraction of sp³-hybridized carbons (Fsp3) is 0.200. The molecule has 1 unspecified atom stereocenters. The van der Waals surface area contributed by atoms with Crippen LogP contribution >= 0.6 is 0 Å². The molecule has 1 aliphatic rings. The Balaban J connectivity index is 2.09. The summed E-state index contributed by atoms with van der Waals surface area (Å²) in [5, 5.41) is 0. The first-order chi connectivity index (χ1) is 11.6. The zero-order chi connectivity index (χ0) is 17.1. The highest BCUT2D eigenvalue weighted by Crippen LogP contribution is 2.46. The van der Waals surface area contributed by atoms with Crippen LogP contribution in [0.5, 0.6) is 0 Å². The van der Waals surface area contributed by atoms with E-state index >= 15 is 0 Å². The molecule has 0 aliphatic heterocycles. The van der Waals surface area contributed by atoms with Crippen molar-refractivity contribution in [1.29, 1.82) is 0 Å². The van der Waals surface area contributed by atoms with Gasteiger partial charge in [0.2, 0.25) is 11.8 Å². The Kier molecular flexibility index (Phi) is 4.47. The first kappa shape index (κ1) is 16.0. The van der Waals surface area contributed by atoms with E-state index in [9.17, 15) is 9.59 Å². The second-order valence-electron chi connectivity index (χ2n) is 6.12. The maximum Gasteiger partial charge on any atom is 0.221 e. The molecule has 0 spiro atoms. The lowest BCUT2D eigenvalue weighted by Gasteiger charge is -2.14. The van der Waals surface area contributed by atoms with E-state index in [1.54, 1.807) is 0 Å². The third-order valence-electron chi connectivity index (χ3n) is 4.46. The van der Waals surface area contributed by atoms with Crippen molar-refractivity contribution in [2.45, 2.75) is 25.2 Å². The lowest BCUT2D eigenvalue weighted by Crippen LogP contribution is -2.18. The van der Waals surface area contributed by atoms with Crippen molar-refractivity contribution in [1.82, 2.24) is 0 Å². The number of fused-ring (bicyclic) bond motifs is 1. The Morgan fingerprint density at radius 3 is 2.21 bits per heavy atom. The fourth-order valence-corrected chi connectivity index (χ4v) is 3.51. The summed E-state index contributed by atoms with van der Waals surface area (Å²) in [6.07, 6.45) is 1.04. The lowest BCUT2D eigenvalue weighted by molar-refractivity contribution is -0.119. The summed E-state index contributed by atoms with van der Waals surface area (Å²) in [6.45, 7) is 0. The van der Waals surface area contributed by atoms with E-state index in [-0.39, 0.29) is 24.7 Å².